The van der Waals surface area contributed by atoms with Crippen molar-refractivity contribution in [2.45, 2.75) is 31.9 Å². The number of hydrogen-bond acceptors (Lipinski definition) is 4. The van der Waals surface area contributed by atoms with Crippen molar-refractivity contribution in [1.29, 1.82) is 0 Å². The highest BCUT2D eigenvalue weighted by molar-refractivity contribution is 6.07. The Labute approximate surface area is 221 Å². The van der Waals surface area contributed by atoms with Crippen molar-refractivity contribution in [2.24, 2.45) is 5.92 Å². The number of rotatable bonds is 9. The van der Waals surface area contributed by atoms with Crippen molar-refractivity contribution >= 4 is 34.1 Å². The number of nitrogens with zero attached hydrogens (tertiary/aromatic N) is 1. The Bertz CT molecular complexity index is 1490. The number of aliphatic hydroxyl groups is 2. The van der Waals surface area contributed by atoms with Gasteiger partial charge in [-0.2, -0.15) is 0 Å². The summed E-state index contributed by atoms with van der Waals surface area (Å²) in [7, 11) is 0. The number of amides is 2. The van der Waals surface area contributed by atoms with Gasteiger partial charge in [0.05, 0.1) is 18.7 Å². The predicted octanol–water partition coefficient (Wildman–Crippen LogP) is 4.66. The van der Waals surface area contributed by atoms with E-state index in [4.69, 9.17) is 5.11 Å². The molecule has 4 N–H and O–H groups in total. The van der Waals surface area contributed by atoms with E-state index in [-0.39, 0.29) is 31.4 Å². The summed E-state index contributed by atoms with van der Waals surface area (Å²) in [6, 6.07) is 22.6. The van der Waals surface area contributed by atoms with Crippen LogP contribution in [0.4, 0.5) is 11.4 Å². The molecule has 0 saturated carbocycles. The van der Waals surface area contributed by atoms with Gasteiger partial charge in [-0.05, 0) is 41.8 Å². The van der Waals surface area contributed by atoms with E-state index in [2.05, 4.69) is 10.3 Å². The van der Waals surface area contributed by atoms with Gasteiger partial charge in [-0.15, -0.1) is 0 Å². The normalized spacial score (nSPS) is 17.8. The minimum atomic E-state index is -1.68. The molecule has 7 heteroatoms. The SMILES string of the molecule is C[C@@H](/C=C/CCO)[C@]1(O)C(=O)N(Cc2ccc(NC(=O)Cc3c[nH]c4ccccc34)cc2)c2ccccc21. The molecule has 0 spiro atoms. The second-order valence-electron chi connectivity index (χ2n) is 9.69. The van der Waals surface area contributed by atoms with E-state index in [1.165, 1.54) is 0 Å². The number of aliphatic hydroxyl groups excluding tert-OH is 1. The van der Waals surface area contributed by atoms with Crippen LogP contribution in [0.2, 0.25) is 0 Å². The topological polar surface area (TPSA) is 106 Å². The van der Waals surface area contributed by atoms with Gasteiger partial charge < -0.3 is 25.4 Å². The predicted molar refractivity (Wildman–Crippen MR) is 149 cm³/mol. The first-order chi connectivity index (χ1) is 18.4. The average molecular weight is 510 g/mol. The molecule has 7 nitrogen and oxygen atoms in total. The Morgan fingerprint density at radius 1 is 1.08 bits per heavy atom. The summed E-state index contributed by atoms with van der Waals surface area (Å²) in [5, 5.41) is 24.6. The number of hydrogen-bond donors (Lipinski definition) is 4. The molecule has 4 aromatic rings. The zero-order chi connectivity index (χ0) is 26.7. The number of anilines is 2. The molecule has 2 heterocycles. The third-order valence-electron chi connectivity index (χ3n) is 7.16. The van der Waals surface area contributed by atoms with Crippen LogP contribution in [0, 0.1) is 5.92 Å². The number of aromatic amines is 1. The molecule has 38 heavy (non-hydrogen) atoms. The molecule has 2 amide bonds. The van der Waals surface area contributed by atoms with Crippen molar-refractivity contribution in [2.75, 3.05) is 16.8 Å². The Morgan fingerprint density at radius 2 is 1.82 bits per heavy atom. The molecule has 194 valence electrons. The molecule has 3 aromatic carbocycles. The molecule has 0 fully saturated rings. The van der Waals surface area contributed by atoms with E-state index in [1.807, 2.05) is 72.9 Å². The Hall–Kier alpha value is -4.20. The van der Waals surface area contributed by atoms with Crippen molar-refractivity contribution in [3.8, 4) is 0 Å². The number of aromatic nitrogens is 1. The van der Waals surface area contributed by atoms with Crippen LogP contribution in [0.25, 0.3) is 10.9 Å². The summed E-state index contributed by atoms with van der Waals surface area (Å²) in [6.45, 7) is 2.10. The minimum absolute atomic E-state index is 0.0117. The maximum atomic E-state index is 13.6. The lowest BCUT2D eigenvalue weighted by Gasteiger charge is -2.27. The third-order valence-corrected chi connectivity index (χ3v) is 7.16. The molecule has 0 unspecified atom stereocenters. The molecule has 1 aliphatic heterocycles. The number of H-pyrrole nitrogens is 1. The molecular formula is C31H31N3O4. The van der Waals surface area contributed by atoms with Crippen LogP contribution in [0.1, 0.15) is 30.0 Å². The van der Waals surface area contributed by atoms with Gasteiger partial charge in [0.15, 0.2) is 5.60 Å². The fourth-order valence-electron chi connectivity index (χ4n) is 5.10. The Kier molecular flexibility index (Phi) is 7.13. The van der Waals surface area contributed by atoms with Crippen molar-refractivity contribution < 1.29 is 19.8 Å². The summed E-state index contributed by atoms with van der Waals surface area (Å²) in [5.41, 5.74) is 3.06. The zero-order valence-electron chi connectivity index (χ0n) is 21.2. The monoisotopic (exact) mass is 509 g/mol. The molecule has 0 saturated heterocycles. The van der Waals surface area contributed by atoms with Gasteiger partial charge in [0, 0.05) is 40.9 Å². The van der Waals surface area contributed by atoms with Crippen LogP contribution in [0.3, 0.4) is 0 Å². The van der Waals surface area contributed by atoms with Crippen LogP contribution in [0.15, 0.2) is 91.1 Å². The molecule has 0 aliphatic carbocycles. The minimum Gasteiger partial charge on any atom is -0.396 e. The van der Waals surface area contributed by atoms with E-state index in [1.54, 1.807) is 30.0 Å². The summed E-state index contributed by atoms with van der Waals surface area (Å²) in [5.74, 6) is -0.960. The molecule has 1 aromatic heterocycles. The lowest BCUT2D eigenvalue weighted by Crippen LogP contribution is -2.44. The van der Waals surface area contributed by atoms with Gasteiger partial charge in [0.25, 0.3) is 5.91 Å². The Morgan fingerprint density at radius 3 is 2.61 bits per heavy atom. The summed E-state index contributed by atoms with van der Waals surface area (Å²) in [4.78, 5) is 31.0. The van der Waals surface area contributed by atoms with Gasteiger partial charge in [-0.3, -0.25) is 9.59 Å². The average Bonchev–Trinajstić information content (AvgIpc) is 3.43. The highest BCUT2D eigenvalue weighted by atomic mass is 16.3. The molecular weight excluding hydrogens is 478 g/mol. The van der Waals surface area contributed by atoms with Gasteiger partial charge in [-0.1, -0.05) is 67.6 Å². The fraction of sp³-hybridized carbons (Fsp3) is 0.226. The van der Waals surface area contributed by atoms with Crippen molar-refractivity contribution in [3.63, 3.8) is 0 Å². The van der Waals surface area contributed by atoms with E-state index in [0.29, 0.717) is 23.4 Å². The van der Waals surface area contributed by atoms with Crippen molar-refractivity contribution in [3.05, 3.63) is 108 Å². The first-order valence-electron chi connectivity index (χ1n) is 12.8. The molecule has 2 atom stereocenters. The van der Waals surface area contributed by atoms with E-state index >= 15 is 0 Å². The molecule has 1 aliphatic rings. The maximum Gasteiger partial charge on any atom is 0.264 e. The second kappa shape index (κ2) is 10.7. The third kappa shape index (κ3) is 4.74. The quantitative estimate of drug-likeness (QED) is 0.246. The van der Waals surface area contributed by atoms with Crippen LogP contribution < -0.4 is 10.2 Å². The number of benzene rings is 3. The first kappa shape index (κ1) is 25.4. The van der Waals surface area contributed by atoms with Crippen LogP contribution in [0.5, 0.6) is 0 Å². The van der Waals surface area contributed by atoms with E-state index in [0.717, 1.165) is 22.0 Å². The largest absolute Gasteiger partial charge is 0.396 e. The first-order valence-corrected chi connectivity index (χ1v) is 12.8. The van der Waals surface area contributed by atoms with E-state index in [9.17, 15) is 14.7 Å². The van der Waals surface area contributed by atoms with Crippen molar-refractivity contribution in [1.82, 2.24) is 4.98 Å². The lowest BCUT2D eigenvalue weighted by molar-refractivity contribution is -0.139. The Balaban J connectivity index is 1.28. The fourth-order valence-corrected chi connectivity index (χ4v) is 5.10. The molecule has 0 bridgehead atoms. The number of carbonyl (C=O) groups excluding carboxylic acids is 2. The number of nitrogens with one attached hydrogen (secondary N) is 2. The number of fused-ring (bicyclic) bond motifs is 2. The summed E-state index contributed by atoms with van der Waals surface area (Å²) >= 11 is 0. The maximum absolute atomic E-state index is 13.6. The lowest BCUT2D eigenvalue weighted by atomic mass is 9.83. The summed E-state index contributed by atoms with van der Waals surface area (Å²) in [6.07, 6.45) is 6.15. The number of para-hydroxylation sites is 2. The standard InChI is InChI=1S/C31H31N3O4/c1-21(8-6-7-17-35)31(38)26-10-3-5-12-28(26)34(30(31)37)20-22-13-15-24(16-14-22)33-29(36)18-23-19-32-27-11-4-2-9-25(23)27/h2-6,8-16,19,21,32,35,38H,7,17-18,20H2,1H3,(H,33,36)/b8-6+/t21-,31+/m0/s1. The highest BCUT2D eigenvalue weighted by Gasteiger charge is 2.52. The van der Waals surface area contributed by atoms with Gasteiger partial charge in [0.2, 0.25) is 5.91 Å². The molecule has 5 rings (SSSR count). The molecule has 0 radical (unpaired) electrons. The summed E-state index contributed by atoms with van der Waals surface area (Å²) < 4.78 is 0. The van der Waals surface area contributed by atoms with E-state index < -0.39 is 11.5 Å². The van der Waals surface area contributed by atoms with Crippen LogP contribution >= 0.6 is 0 Å². The zero-order valence-corrected chi connectivity index (χ0v) is 21.2. The second-order valence-corrected chi connectivity index (χ2v) is 9.69. The van der Waals surface area contributed by atoms with Gasteiger partial charge >= 0.3 is 0 Å². The van der Waals surface area contributed by atoms with Gasteiger partial charge in [0.1, 0.15) is 0 Å². The highest BCUT2D eigenvalue weighted by Crippen LogP contribution is 2.45. The number of carbonyl (C=O) groups is 2. The van der Waals surface area contributed by atoms with Crippen LogP contribution in [-0.2, 0) is 28.2 Å². The smallest absolute Gasteiger partial charge is 0.264 e. The van der Waals surface area contributed by atoms with Crippen LogP contribution in [-0.4, -0.2) is 33.6 Å². The van der Waals surface area contributed by atoms with Gasteiger partial charge in [-0.25, -0.2) is 0 Å².